The van der Waals surface area contributed by atoms with E-state index in [1.54, 1.807) is 24.3 Å². The molecule has 0 atom stereocenters. The maximum absolute atomic E-state index is 12.7. The van der Waals surface area contributed by atoms with E-state index in [4.69, 9.17) is 0 Å². The first-order valence-corrected chi connectivity index (χ1v) is 6.40. The third-order valence-electron chi connectivity index (χ3n) is 2.89. The standard InChI is InChI=1S/C16H12F4O2/c17-15(18)16(19,20)22-13-8-6-12(7-9-13)14(21)10-11-4-2-1-3-5-11/h1-9,15H,10H2. The summed E-state index contributed by atoms with van der Waals surface area (Å²) in [6, 6.07) is 13.7. The molecule has 22 heavy (non-hydrogen) atoms. The van der Waals surface area contributed by atoms with Crippen LogP contribution in [0, 0.1) is 0 Å². The zero-order valence-electron chi connectivity index (χ0n) is 11.3. The van der Waals surface area contributed by atoms with Crippen molar-refractivity contribution in [1.82, 2.24) is 0 Å². The van der Waals surface area contributed by atoms with Crippen molar-refractivity contribution >= 4 is 5.78 Å². The van der Waals surface area contributed by atoms with E-state index in [-0.39, 0.29) is 17.8 Å². The van der Waals surface area contributed by atoms with Crippen molar-refractivity contribution < 1.29 is 27.1 Å². The maximum atomic E-state index is 12.7. The molecule has 0 unspecified atom stereocenters. The maximum Gasteiger partial charge on any atom is 0.461 e. The fourth-order valence-electron chi connectivity index (χ4n) is 1.79. The molecule has 2 nitrogen and oxygen atoms in total. The highest BCUT2D eigenvalue weighted by molar-refractivity contribution is 5.97. The van der Waals surface area contributed by atoms with Crippen molar-refractivity contribution in [3.63, 3.8) is 0 Å². The number of carbonyl (C=O) groups is 1. The lowest BCUT2D eigenvalue weighted by Crippen LogP contribution is -2.33. The molecule has 0 fully saturated rings. The van der Waals surface area contributed by atoms with E-state index >= 15 is 0 Å². The van der Waals surface area contributed by atoms with Gasteiger partial charge in [-0.15, -0.1) is 0 Å². The van der Waals surface area contributed by atoms with Crippen LogP contribution in [0.1, 0.15) is 15.9 Å². The molecular weight excluding hydrogens is 300 g/mol. The van der Waals surface area contributed by atoms with E-state index in [1.807, 2.05) is 6.07 Å². The Hall–Kier alpha value is -2.37. The van der Waals surface area contributed by atoms with Gasteiger partial charge in [0, 0.05) is 12.0 Å². The van der Waals surface area contributed by atoms with Crippen LogP contribution in [0.2, 0.25) is 0 Å². The predicted octanol–water partition coefficient (Wildman–Crippen LogP) is 4.35. The monoisotopic (exact) mass is 312 g/mol. The lowest BCUT2D eigenvalue weighted by molar-refractivity contribution is -0.253. The van der Waals surface area contributed by atoms with Crippen LogP contribution >= 0.6 is 0 Å². The zero-order chi connectivity index (χ0) is 16.2. The van der Waals surface area contributed by atoms with Gasteiger partial charge in [0.25, 0.3) is 0 Å². The molecule has 0 aliphatic heterocycles. The Labute approximate surface area is 124 Å². The first kappa shape index (κ1) is 16.0. The minimum Gasteiger partial charge on any atom is -0.428 e. The molecular formula is C16H12F4O2. The lowest BCUT2D eigenvalue weighted by Gasteiger charge is -2.16. The molecule has 2 aromatic carbocycles. The summed E-state index contributed by atoms with van der Waals surface area (Å²) in [4.78, 5) is 12.0. The number of Topliss-reactive ketones (excluding diaryl/α,β-unsaturated/α-hetero) is 1. The molecule has 0 saturated heterocycles. The van der Waals surface area contributed by atoms with E-state index < -0.39 is 18.3 Å². The molecule has 116 valence electrons. The molecule has 0 radical (unpaired) electrons. The highest BCUT2D eigenvalue weighted by atomic mass is 19.3. The van der Waals surface area contributed by atoms with Gasteiger partial charge in [0.15, 0.2) is 5.78 Å². The van der Waals surface area contributed by atoms with Gasteiger partial charge in [-0.3, -0.25) is 4.79 Å². The lowest BCUT2D eigenvalue weighted by atomic mass is 10.0. The minimum atomic E-state index is -4.56. The molecule has 0 spiro atoms. The second-order valence-electron chi connectivity index (χ2n) is 4.57. The van der Waals surface area contributed by atoms with Crippen LogP contribution in [-0.2, 0) is 6.42 Å². The van der Waals surface area contributed by atoms with Crippen molar-refractivity contribution in [2.24, 2.45) is 0 Å². The van der Waals surface area contributed by atoms with E-state index in [2.05, 4.69) is 4.74 Å². The average molecular weight is 312 g/mol. The fourth-order valence-corrected chi connectivity index (χ4v) is 1.79. The fraction of sp³-hybridized carbons (Fsp3) is 0.188. The topological polar surface area (TPSA) is 26.3 Å². The molecule has 2 rings (SSSR count). The van der Waals surface area contributed by atoms with Crippen LogP contribution in [-0.4, -0.2) is 18.3 Å². The van der Waals surface area contributed by atoms with Crippen molar-refractivity contribution in [2.75, 3.05) is 0 Å². The van der Waals surface area contributed by atoms with Gasteiger partial charge in [0.1, 0.15) is 5.75 Å². The highest BCUT2D eigenvalue weighted by Gasteiger charge is 2.43. The molecule has 0 bridgehead atoms. The molecule has 0 aliphatic carbocycles. The molecule has 0 aliphatic rings. The van der Waals surface area contributed by atoms with Crippen molar-refractivity contribution in [2.45, 2.75) is 19.0 Å². The summed E-state index contributed by atoms with van der Waals surface area (Å²) >= 11 is 0. The summed E-state index contributed by atoms with van der Waals surface area (Å²) in [5.74, 6) is -0.639. The van der Waals surface area contributed by atoms with Gasteiger partial charge in [-0.2, -0.15) is 17.6 Å². The first-order valence-electron chi connectivity index (χ1n) is 6.40. The molecule has 0 amide bonds. The SMILES string of the molecule is O=C(Cc1ccccc1)c1ccc(OC(F)(F)C(F)F)cc1. The van der Waals surface area contributed by atoms with E-state index in [9.17, 15) is 22.4 Å². The normalized spacial score (nSPS) is 11.5. The number of ketones is 1. The van der Waals surface area contributed by atoms with Gasteiger partial charge in [0.2, 0.25) is 0 Å². The van der Waals surface area contributed by atoms with E-state index in [0.717, 1.165) is 17.7 Å². The zero-order valence-corrected chi connectivity index (χ0v) is 11.3. The molecule has 0 aromatic heterocycles. The Bertz CT molecular complexity index is 624. The number of hydrogen-bond acceptors (Lipinski definition) is 2. The largest absolute Gasteiger partial charge is 0.461 e. The molecule has 0 saturated carbocycles. The highest BCUT2D eigenvalue weighted by Crippen LogP contribution is 2.27. The number of hydrogen-bond donors (Lipinski definition) is 0. The summed E-state index contributed by atoms with van der Waals surface area (Å²) in [5.41, 5.74) is 1.11. The third kappa shape index (κ3) is 4.07. The summed E-state index contributed by atoms with van der Waals surface area (Å²) in [6.45, 7) is 0. The third-order valence-corrected chi connectivity index (χ3v) is 2.89. The number of carbonyl (C=O) groups excluding carboxylic acids is 1. The van der Waals surface area contributed by atoms with Gasteiger partial charge in [-0.1, -0.05) is 30.3 Å². The van der Waals surface area contributed by atoms with Gasteiger partial charge in [-0.25, -0.2) is 0 Å². The Morgan fingerprint density at radius 1 is 1.00 bits per heavy atom. The summed E-state index contributed by atoms with van der Waals surface area (Å²) in [7, 11) is 0. The number of benzene rings is 2. The average Bonchev–Trinajstić information content (AvgIpc) is 2.48. The molecule has 0 N–H and O–H groups in total. The Morgan fingerprint density at radius 2 is 1.59 bits per heavy atom. The first-order chi connectivity index (χ1) is 10.4. The smallest absolute Gasteiger partial charge is 0.428 e. The van der Waals surface area contributed by atoms with E-state index in [1.165, 1.54) is 12.1 Å². The van der Waals surface area contributed by atoms with Gasteiger partial charge in [0.05, 0.1) is 0 Å². The van der Waals surface area contributed by atoms with Crippen LogP contribution < -0.4 is 4.74 Å². The molecule has 2 aromatic rings. The van der Waals surface area contributed by atoms with Crippen LogP contribution in [0.5, 0.6) is 5.75 Å². The van der Waals surface area contributed by atoms with Gasteiger partial charge >= 0.3 is 12.5 Å². The summed E-state index contributed by atoms with van der Waals surface area (Å²) < 4.78 is 53.4. The quantitative estimate of drug-likeness (QED) is 0.585. The van der Waals surface area contributed by atoms with Crippen LogP contribution in [0.25, 0.3) is 0 Å². The Kier molecular flexibility index (Phi) is 4.80. The number of ether oxygens (including phenoxy) is 1. The Balaban J connectivity index is 2.04. The summed E-state index contributed by atoms with van der Waals surface area (Å²) in [5, 5.41) is 0. The molecule has 0 heterocycles. The second-order valence-corrected chi connectivity index (χ2v) is 4.57. The van der Waals surface area contributed by atoms with Crippen LogP contribution in [0.15, 0.2) is 54.6 Å². The number of alkyl halides is 4. The van der Waals surface area contributed by atoms with Crippen LogP contribution in [0.3, 0.4) is 0 Å². The summed E-state index contributed by atoms with van der Waals surface area (Å²) in [6.07, 6.45) is -8.32. The molecule has 6 heteroatoms. The van der Waals surface area contributed by atoms with E-state index in [0.29, 0.717) is 0 Å². The Morgan fingerprint density at radius 3 is 2.14 bits per heavy atom. The number of halogens is 4. The van der Waals surface area contributed by atoms with Crippen molar-refractivity contribution in [3.8, 4) is 5.75 Å². The minimum absolute atomic E-state index is 0.161. The van der Waals surface area contributed by atoms with Gasteiger partial charge in [-0.05, 0) is 29.8 Å². The predicted molar refractivity (Wildman–Crippen MR) is 72.5 cm³/mol. The van der Waals surface area contributed by atoms with Crippen LogP contribution in [0.4, 0.5) is 17.6 Å². The van der Waals surface area contributed by atoms with Crippen molar-refractivity contribution in [3.05, 3.63) is 65.7 Å². The van der Waals surface area contributed by atoms with Gasteiger partial charge < -0.3 is 4.74 Å². The second kappa shape index (κ2) is 6.60. The number of rotatable bonds is 6. The van der Waals surface area contributed by atoms with Crippen molar-refractivity contribution in [1.29, 1.82) is 0 Å².